The second-order valence-electron chi connectivity index (χ2n) is 7.33. The molecule has 1 fully saturated rings. The summed E-state index contributed by atoms with van der Waals surface area (Å²) in [6.45, 7) is 3.70. The van der Waals surface area contributed by atoms with Gasteiger partial charge in [0.15, 0.2) is 0 Å². The van der Waals surface area contributed by atoms with Crippen LogP contribution in [-0.2, 0) is 4.79 Å². The third-order valence-corrected chi connectivity index (χ3v) is 5.51. The number of carbonyl (C=O) groups is 1. The Morgan fingerprint density at radius 2 is 2.11 bits per heavy atom. The molecule has 1 amide bonds. The molecule has 2 aliphatic rings. The molecule has 0 saturated heterocycles. The maximum Gasteiger partial charge on any atom is 0.318 e. The number of carbonyl (C=O) groups excluding carboxylic acids is 1. The Balaban J connectivity index is 1.78. The van der Waals surface area contributed by atoms with E-state index in [1.807, 2.05) is 4.90 Å². The molecule has 1 aromatic carbocycles. The number of nitrogens with zero attached hydrogens (tertiary/aromatic N) is 3. The van der Waals surface area contributed by atoms with Gasteiger partial charge in [0.2, 0.25) is 5.91 Å². The fraction of sp³-hybridized carbons (Fsp3) is 0.450. The highest BCUT2D eigenvalue weighted by atomic mass is 19.1. The second-order valence-corrected chi connectivity index (χ2v) is 7.33. The smallest absolute Gasteiger partial charge is 0.318 e. The van der Waals surface area contributed by atoms with E-state index in [2.05, 4.69) is 22.2 Å². The van der Waals surface area contributed by atoms with Crippen LogP contribution in [0.15, 0.2) is 30.5 Å². The molecule has 27 heavy (non-hydrogen) atoms. The molecule has 1 saturated carbocycles. The molecule has 0 bridgehead atoms. The first-order valence-corrected chi connectivity index (χ1v) is 9.22. The number of halogens is 1. The molecule has 4 rings (SSSR count). The Labute approximate surface area is 157 Å². The van der Waals surface area contributed by atoms with E-state index in [0.717, 1.165) is 24.1 Å². The largest absolute Gasteiger partial charge is 0.467 e. The average molecular weight is 370 g/mol. The Morgan fingerprint density at radius 3 is 2.78 bits per heavy atom. The first kappa shape index (κ1) is 17.7. The van der Waals surface area contributed by atoms with Crippen LogP contribution < -0.4 is 15.0 Å². The molecule has 6 nitrogen and oxygen atoms in total. The number of benzene rings is 1. The van der Waals surface area contributed by atoms with Crippen molar-refractivity contribution in [3.8, 4) is 6.01 Å². The molecule has 0 spiro atoms. The van der Waals surface area contributed by atoms with E-state index >= 15 is 0 Å². The van der Waals surface area contributed by atoms with Gasteiger partial charge in [0.1, 0.15) is 11.6 Å². The highest BCUT2D eigenvalue weighted by molar-refractivity contribution is 5.94. The molecule has 2 heterocycles. The Hall–Kier alpha value is -2.70. The number of anilines is 2. The number of ether oxygens (including phenoxy) is 1. The van der Waals surface area contributed by atoms with Gasteiger partial charge in [-0.15, -0.1) is 0 Å². The Morgan fingerprint density at radius 1 is 1.33 bits per heavy atom. The monoisotopic (exact) mass is 370 g/mol. The van der Waals surface area contributed by atoms with E-state index in [-0.39, 0.29) is 35.7 Å². The third kappa shape index (κ3) is 3.22. The standard InChI is InChI=1S/C20H23FN4O2/c1-11-18(23-17-8-9-22-20(24-17)27-3)15-10-14(21)6-7-16(15)25(12(2)26)19(11)13-4-5-13/h6-11,13,18-19H,4-5H2,1-3H3,(H,22,23,24)/t11-,18-,19-/m1/s1. The zero-order valence-electron chi connectivity index (χ0n) is 15.6. The van der Waals surface area contributed by atoms with Gasteiger partial charge in [-0.25, -0.2) is 9.37 Å². The van der Waals surface area contributed by atoms with Gasteiger partial charge in [-0.1, -0.05) is 6.92 Å². The molecule has 142 valence electrons. The van der Waals surface area contributed by atoms with Crippen LogP contribution in [0.2, 0.25) is 0 Å². The van der Waals surface area contributed by atoms with Crippen LogP contribution in [0.5, 0.6) is 6.01 Å². The fourth-order valence-electron chi connectivity index (χ4n) is 4.22. The minimum absolute atomic E-state index is 0.00577. The highest BCUT2D eigenvalue weighted by Crippen LogP contribution is 2.50. The summed E-state index contributed by atoms with van der Waals surface area (Å²) in [5, 5.41) is 3.43. The van der Waals surface area contributed by atoms with Gasteiger partial charge in [0.05, 0.1) is 13.2 Å². The summed E-state index contributed by atoms with van der Waals surface area (Å²) in [6, 6.07) is 6.59. The molecule has 7 heteroatoms. The number of aromatic nitrogens is 2. The van der Waals surface area contributed by atoms with E-state index in [1.54, 1.807) is 25.3 Å². The van der Waals surface area contributed by atoms with Gasteiger partial charge in [-0.3, -0.25) is 4.79 Å². The summed E-state index contributed by atoms with van der Waals surface area (Å²) in [7, 11) is 1.51. The van der Waals surface area contributed by atoms with Crippen LogP contribution in [0.3, 0.4) is 0 Å². The van der Waals surface area contributed by atoms with Crippen LogP contribution in [0.4, 0.5) is 15.9 Å². The normalized spacial score (nSPS) is 24.3. The molecule has 0 radical (unpaired) electrons. The molecule has 1 aliphatic heterocycles. The predicted molar refractivity (Wildman–Crippen MR) is 100 cm³/mol. The maximum absolute atomic E-state index is 14.1. The summed E-state index contributed by atoms with van der Waals surface area (Å²) in [4.78, 5) is 22.7. The molecule has 1 aliphatic carbocycles. The van der Waals surface area contributed by atoms with Gasteiger partial charge >= 0.3 is 6.01 Å². The van der Waals surface area contributed by atoms with Crippen molar-refractivity contribution in [3.05, 3.63) is 41.8 Å². The van der Waals surface area contributed by atoms with Crippen molar-refractivity contribution in [1.82, 2.24) is 9.97 Å². The average Bonchev–Trinajstić information content (AvgIpc) is 3.48. The van der Waals surface area contributed by atoms with E-state index < -0.39 is 0 Å². The second kappa shape index (κ2) is 6.79. The lowest BCUT2D eigenvalue weighted by Crippen LogP contribution is -2.51. The molecule has 1 aromatic heterocycles. The molecule has 1 N–H and O–H groups in total. The lowest BCUT2D eigenvalue weighted by atomic mass is 9.80. The van der Waals surface area contributed by atoms with Crippen molar-refractivity contribution in [1.29, 1.82) is 0 Å². The number of rotatable bonds is 4. The number of fused-ring (bicyclic) bond motifs is 1. The number of amides is 1. The third-order valence-electron chi connectivity index (χ3n) is 5.51. The summed E-state index contributed by atoms with van der Waals surface area (Å²) >= 11 is 0. The first-order chi connectivity index (χ1) is 13.0. The number of nitrogens with one attached hydrogen (secondary N) is 1. The minimum Gasteiger partial charge on any atom is -0.467 e. The maximum atomic E-state index is 14.1. The Kier molecular flexibility index (Phi) is 4.45. The van der Waals surface area contributed by atoms with Crippen molar-refractivity contribution in [2.24, 2.45) is 11.8 Å². The molecular weight excluding hydrogens is 347 g/mol. The number of hydrogen-bond acceptors (Lipinski definition) is 5. The van der Waals surface area contributed by atoms with Crippen LogP contribution in [-0.4, -0.2) is 29.0 Å². The lowest BCUT2D eigenvalue weighted by molar-refractivity contribution is -0.117. The molecule has 0 unspecified atom stereocenters. The molecular formula is C20H23FN4O2. The van der Waals surface area contributed by atoms with Crippen LogP contribution in [0, 0.1) is 17.7 Å². The van der Waals surface area contributed by atoms with Gasteiger partial charge in [-0.05, 0) is 43.0 Å². The summed E-state index contributed by atoms with van der Waals surface area (Å²) in [5.41, 5.74) is 1.55. The van der Waals surface area contributed by atoms with E-state index in [1.165, 1.54) is 19.2 Å². The molecule has 2 aromatic rings. The van der Waals surface area contributed by atoms with Crippen LogP contribution in [0.25, 0.3) is 0 Å². The van der Waals surface area contributed by atoms with Gasteiger partial charge in [-0.2, -0.15) is 4.98 Å². The number of hydrogen-bond donors (Lipinski definition) is 1. The minimum atomic E-state index is -0.318. The van der Waals surface area contributed by atoms with Crippen LogP contribution >= 0.6 is 0 Å². The van der Waals surface area contributed by atoms with E-state index in [0.29, 0.717) is 11.7 Å². The lowest BCUT2D eigenvalue weighted by Gasteiger charge is -2.45. The summed E-state index contributed by atoms with van der Waals surface area (Å²) < 4.78 is 19.2. The zero-order chi connectivity index (χ0) is 19.1. The number of methoxy groups -OCH3 is 1. The topological polar surface area (TPSA) is 67.3 Å². The van der Waals surface area contributed by atoms with Gasteiger partial charge in [0, 0.05) is 36.3 Å². The van der Waals surface area contributed by atoms with Gasteiger partial charge in [0.25, 0.3) is 0 Å². The quantitative estimate of drug-likeness (QED) is 0.891. The fourth-order valence-corrected chi connectivity index (χ4v) is 4.22. The summed E-state index contributed by atoms with van der Waals surface area (Å²) in [6.07, 6.45) is 3.85. The zero-order valence-corrected chi connectivity index (χ0v) is 15.6. The van der Waals surface area contributed by atoms with Crippen molar-refractivity contribution < 1.29 is 13.9 Å². The van der Waals surface area contributed by atoms with Crippen molar-refractivity contribution in [3.63, 3.8) is 0 Å². The SMILES string of the molecule is COc1nccc(N[C@H]2c3cc(F)ccc3N(C(C)=O)[C@@H](C3CC3)[C@@H]2C)n1. The van der Waals surface area contributed by atoms with E-state index in [4.69, 9.17) is 4.74 Å². The van der Waals surface area contributed by atoms with Crippen molar-refractivity contribution in [2.45, 2.75) is 38.8 Å². The highest BCUT2D eigenvalue weighted by Gasteiger charge is 2.47. The molecule has 3 atom stereocenters. The van der Waals surface area contributed by atoms with Crippen LogP contribution in [0.1, 0.15) is 38.3 Å². The predicted octanol–water partition coefficient (Wildman–Crippen LogP) is 3.56. The first-order valence-electron chi connectivity index (χ1n) is 9.22. The van der Waals surface area contributed by atoms with Gasteiger partial charge < -0.3 is 15.0 Å². The van der Waals surface area contributed by atoms with E-state index in [9.17, 15) is 9.18 Å². The summed E-state index contributed by atoms with van der Waals surface area (Å²) in [5.74, 6) is 0.859. The Bertz CT molecular complexity index is 871. The van der Waals surface area contributed by atoms with Crippen molar-refractivity contribution >= 4 is 17.4 Å². The van der Waals surface area contributed by atoms with Crippen molar-refractivity contribution in [2.75, 3.05) is 17.3 Å².